The van der Waals surface area contributed by atoms with E-state index in [9.17, 15) is 8.60 Å². The Labute approximate surface area is 191 Å². The van der Waals surface area contributed by atoms with E-state index < -0.39 is 16.8 Å². The molecule has 4 aromatic rings. The Morgan fingerprint density at radius 3 is 2.65 bits per heavy atom. The summed E-state index contributed by atoms with van der Waals surface area (Å²) in [7, 11) is -1.74. The zero-order valence-electron chi connectivity index (χ0n) is 16.7. The van der Waals surface area contributed by atoms with Crippen LogP contribution in [0.3, 0.4) is 0 Å². The molecule has 1 N–H and O–H groups in total. The first kappa shape index (κ1) is 21.5. The van der Waals surface area contributed by atoms with Crippen LogP contribution in [0.4, 0.5) is 10.1 Å². The average molecular weight is 473 g/mol. The minimum atomic E-state index is -1.74. The molecule has 0 aliphatic heterocycles. The number of nitrogens with one attached hydrogen (secondary N) is 1. The number of rotatable bonds is 6. The van der Waals surface area contributed by atoms with Crippen LogP contribution in [-0.2, 0) is 11.0 Å². The first-order valence-corrected chi connectivity index (χ1v) is 11.8. The number of halogens is 2. The van der Waals surface area contributed by atoms with Crippen molar-refractivity contribution in [3.8, 4) is 21.8 Å². The first-order chi connectivity index (χ1) is 14.9. The van der Waals surface area contributed by atoms with Gasteiger partial charge in [-0.1, -0.05) is 38.1 Å². The van der Waals surface area contributed by atoms with Crippen molar-refractivity contribution in [2.45, 2.75) is 24.7 Å². The molecule has 0 fully saturated rings. The van der Waals surface area contributed by atoms with E-state index in [1.165, 1.54) is 12.1 Å². The molecule has 0 spiro atoms. The third-order valence-corrected chi connectivity index (χ3v) is 7.09. The molecule has 0 radical (unpaired) electrons. The third-order valence-electron chi connectivity index (χ3n) is 4.38. The van der Waals surface area contributed by atoms with E-state index in [0.717, 1.165) is 21.1 Å². The maximum absolute atomic E-state index is 14.0. The lowest BCUT2D eigenvalue weighted by Gasteiger charge is -2.09. The third kappa shape index (κ3) is 4.81. The van der Waals surface area contributed by atoms with Gasteiger partial charge in [0.1, 0.15) is 5.82 Å². The van der Waals surface area contributed by atoms with Crippen LogP contribution >= 0.6 is 22.9 Å². The molecule has 4 rings (SSSR count). The van der Waals surface area contributed by atoms with E-state index in [0.29, 0.717) is 11.4 Å². The molecule has 1 atom stereocenters. The van der Waals surface area contributed by atoms with Gasteiger partial charge < -0.3 is 4.72 Å². The lowest BCUT2D eigenvalue weighted by Crippen LogP contribution is -2.06. The molecule has 0 amide bonds. The average Bonchev–Trinajstić information content (AvgIpc) is 3.20. The monoisotopic (exact) mass is 472 g/mol. The number of hydrogen-bond donors (Lipinski definition) is 1. The smallest absolute Gasteiger partial charge is 0.222 e. The van der Waals surface area contributed by atoms with Crippen molar-refractivity contribution >= 4 is 39.6 Å². The van der Waals surface area contributed by atoms with Crippen LogP contribution in [0.1, 0.15) is 24.8 Å². The van der Waals surface area contributed by atoms with Gasteiger partial charge >= 0.3 is 0 Å². The summed E-state index contributed by atoms with van der Waals surface area (Å²) in [5.74, 6) is -0.279. The van der Waals surface area contributed by atoms with Gasteiger partial charge in [0.25, 0.3) is 0 Å². The van der Waals surface area contributed by atoms with E-state index in [-0.39, 0.29) is 16.1 Å². The predicted octanol–water partition coefficient (Wildman–Crippen LogP) is 6.32. The van der Waals surface area contributed by atoms with Gasteiger partial charge in [0.05, 0.1) is 26.2 Å². The van der Waals surface area contributed by atoms with Crippen LogP contribution in [0.25, 0.3) is 21.8 Å². The number of anilines is 1. The van der Waals surface area contributed by atoms with Gasteiger partial charge in [-0.2, -0.15) is 0 Å². The molecule has 1 unspecified atom stereocenters. The summed E-state index contributed by atoms with van der Waals surface area (Å²) in [4.78, 5) is 14.1. The van der Waals surface area contributed by atoms with Crippen LogP contribution in [0, 0.1) is 5.82 Å². The number of thiazole rings is 1. The van der Waals surface area contributed by atoms with Crippen LogP contribution in [-0.4, -0.2) is 19.2 Å². The van der Waals surface area contributed by atoms with E-state index in [1.807, 2.05) is 18.2 Å². The van der Waals surface area contributed by atoms with Crippen LogP contribution in [0.5, 0.6) is 0 Å². The van der Waals surface area contributed by atoms with Crippen molar-refractivity contribution < 1.29 is 8.60 Å². The Bertz CT molecular complexity index is 1260. The molecule has 5 nitrogen and oxygen atoms in total. The Hall–Kier alpha value is -2.68. The second-order valence-electron chi connectivity index (χ2n) is 6.98. The van der Waals surface area contributed by atoms with Crippen molar-refractivity contribution in [1.29, 1.82) is 0 Å². The zero-order chi connectivity index (χ0) is 22.0. The van der Waals surface area contributed by atoms with Crippen molar-refractivity contribution in [2.24, 2.45) is 0 Å². The largest absolute Gasteiger partial charge is 0.301 e. The van der Waals surface area contributed by atoms with Crippen LogP contribution < -0.4 is 4.72 Å². The fraction of sp³-hybridized carbons (Fsp3) is 0.136. The quantitative estimate of drug-likeness (QED) is 0.333. The normalized spacial score (nSPS) is 12.2. The number of hydrogen-bond acceptors (Lipinski definition) is 5. The van der Waals surface area contributed by atoms with Gasteiger partial charge in [-0.3, -0.25) is 0 Å². The van der Waals surface area contributed by atoms with Gasteiger partial charge in [-0.05, 0) is 41.9 Å². The van der Waals surface area contributed by atoms with Crippen molar-refractivity contribution in [2.75, 3.05) is 4.72 Å². The van der Waals surface area contributed by atoms with Gasteiger partial charge in [0, 0.05) is 23.4 Å². The minimum Gasteiger partial charge on any atom is -0.301 e. The fourth-order valence-corrected chi connectivity index (χ4v) is 5.01. The Kier molecular flexibility index (Phi) is 6.41. The Balaban J connectivity index is 1.72. The fourth-order valence-electron chi connectivity index (χ4n) is 2.90. The van der Waals surface area contributed by atoms with Crippen molar-refractivity contribution in [3.05, 3.63) is 76.9 Å². The molecular formula is C22H18ClFN4OS2. The summed E-state index contributed by atoms with van der Waals surface area (Å²) in [6, 6.07) is 15.2. The summed E-state index contributed by atoms with van der Waals surface area (Å²) in [5.41, 5.74) is 2.85. The topological polar surface area (TPSA) is 67.8 Å². The molecule has 158 valence electrons. The molecule has 0 saturated carbocycles. The standard InChI is InChI=1S/C22H18ClFN4OS2/c1-13(2)21-27-19(20(30-21)17-10-11-25-22(23)26-17)14-6-5-7-15(12-14)28-31(29)18-9-4-3-8-16(18)24/h3-13,28H,1-2H3. The molecular weight excluding hydrogens is 455 g/mol. The van der Waals surface area contributed by atoms with Gasteiger partial charge in [-0.25, -0.2) is 23.6 Å². The van der Waals surface area contributed by atoms with Crippen LogP contribution in [0.2, 0.25) is 5.28 Å². The maximum atomic E-state index is 14.0. The molecule has 2 aromatic heterocycles. The van der Waals surface area contributed by atoms with Gasteiger partial charge in [0.2, 0.25) is 5.28 Å². The second kappa shape index (κ2) is 9.21. The molecule has 2 heterocycles. The van der Waals surface area contributed by atoms with Crippen LogP contribution in [0.15, 0.2) is 65.7 Å². The highest BCUT2D eigenvalue weighted by Gasteiger charge is 2.19. The minimum absolute atomic E-state index is 0.0972. The van der Waals surface area contributed by atoms with Gasteiger partial charge in [0.15, 0.2) is 11.0 Å². The summed E-state index contributed by atoms with van der Waals surface area (Å²) in [6.45, 7) is 4.16. The number of nitrogens with zero attached hydrogens (tertiary/aromatic N) is 3. The molecule has 31 heavy (non-hydrogen) atoms. The Morgan fingerprint density at radius 1 is 1.10 bits per heavy atom. The molecule has 0 aliphatic rings. The second-order valence-corrected chi connectivity index (χ2v) is 9.53. The lowest BCUT2D eigenvalue weighted by molar-refractivity contribution is 0.596. The molecule has 0 bridgehead atoms. The molecule has 9 heteroatoms. The van der Waals surface area contributed by atoms with E-state index in [2.05, 4.69) is 28.5 Å². The highest BCUT2D eigenvalue weighted by Crippen LogP contribution is 2.39. The highest BCUT2D eigenvalue weighted by atomic mass is 35.5. The maximum Gasteiger partial charge on any atom is 0.222 e. The van der Waals surface area contributed by atoms with E-state index >= 15 is 0 Å². The first-order valence-electron chi connectivity index (χ1n) is 9.45. The summed E-state index contributed by atoms with van der Waals surface area (Å²) in [6.07, 6.45) is 1.61. The van der Waals surface area contributed by atoms with E-state index in [1.54, 1.807) is 41.8 Å². The summed E-state index contributed by atoms with van der Waals surface area (Å²) in [5, 5.41) is 1.13. The highest BCUT2D eigenvalue weighted by molar-refractivity contribution is 7.86. The lowest BCUT2D eigenvalue weighted by atomic mass is 10.1. The number of aromatic nitrogens is 3. The summed E-state index contributed by atoms with van der Waals surface area (Å²) >= 11 is 7.56. The number of benzene rings is 2. The summed E-state index contributed by atoms with van der Waals surface area (Å²) < 4.78 is 29.5. The van der Waals surface area contributed by atoms with Crippen molar-refractivity contribution in [1.82, 2.24) is 15.0 Å². The molecule has 0 saturated heterocycles. The van der Waals surface area contributed by atoms with Gasteiger partial charge in [-0.15, -0.1) is 11.3 Å². The SMILES string of the molecule is CC(C)c1nc(-c2cccc(NS(=O)c3ccccc3F)c2)c(-c2ccnc(Cl)n2)s1. The van der Waals surface area contributed by atoms with E-state index in [4.69, 9.17) is 16.6 Å². The zero-order valence-corrected chi connectivity index (χ0v) is 19.1. The predicted molar refractivity (Wildman–Crippen MR) is 124 cm³/mol. The Morgan fingerprint density at radius 2 is 1.90 bits per heavy atom. The van der Waals surface area contributed by atoms with Crippen molar-refractivity contribution in [3.63, 3.8) is 0 Å². The molecule has 2 aromatic carbocycles. The molecule has 0 aliphatic carbocycles.